The number of nitrogens with one attached hydrogen (secondary N) is 2. The molecule has 4 rings (SSSR count). The number of carboxylic acids is 2. The van der Waals surface area contributed by atoms with Gasteiger partial charge in [0.25, 0.3) is 0 Å². The second kappa shape index (κ2) is 15.3. The molecule has 0 aliphatic carbocycles. The van der Waals surface area contributed by atoms with Crippen LogP contribution in [-0.2, 0) is 28.9 Å². The lowest BCUT2D eigenvalue weighted by molar-refractivity contribution is -0.137. The van der Waals surface area contributed by atoms with Crippen LogP contribution in [0.2, 0.25) is 20.1 Å². The Morgan fingerprint density at radius 2 is 1.05 bits per heavy atom. The van der Waals surface area contributed by atoms with E-state index in [-0.39, 0.29) is 12.8 Å². The van der Waals surface area contributed by atoms with Crippen LogP contribution in [0.15, 0.2) is 60.7 Å². The lowest BCUT2D eigenvalue weighted by Crippen LogP contribution is -2.05. The first-order valence-electron chi connectivity index (χ1n) is 13.4. The second-order valence-electron chi connectivity index (χ2n) is 9.96. The highest BCUT2D eigenvalue weighted by molar-refractivity contribution is 6.38. The van der Waals surface area contributed by atoms with E-state index in [1.54, 1.807) is 24.3 Å². The van der Waals surface area contributed by atoms with Crippen molar-refractivity contribution in [2.45, 2.75) is 47.0 Å². The van der Waals surface area contributed by atoms with Crippen molar-refractivity contribution < 1.29 is 19.8 Å². The lowest BCUT2D eigenvalue weighted by Gasteiger charge is -2.15. The minimum absolute atomic E-state index is 0.0413. The fourth-order valence-corrected chi connectivity index (χ4v) is 5.09. The Balaban J connectivity index is 0.000000236. The van der Waals surface area contributed by atoms with E-state index in [1.807, 2.05) is 64.1 Å². The van der Waals surface area contributed by atoms with Gasteiger partial charge in [-0.3, -0.25) is 9.59 Å². The van der Waals surface area contributed by atoms with Crippen LogP contribution >= 0.6 is 46.4 Å². The molecule has 0 unspecified atom stereocenters. The van der Waals surface area contributed by atoms with E-state index in [0.29, 0.717) is 37.0 Å². The van der Waals surface area contributed by atoms with Crippen LogP contribution in [0.4, 0.5) is 22.7 Å². The summed E-state index contributed by atoms with van der Waals surface area (Å²) in [5, 5.41) is 26.8. The number of hydrogen-bond acceptors (Lipinski definition) is 4. The average molecular weight is 662 g/mol. The van der Waals surface area contributed by atoms with Gasteiger partial charge in [-0.2, -0.15) is 0 Å². The number of rotatable bonds is 9. The van der Waals surface area contributed by atoms with Gasteiger partial charge in [0.15, 0.2) is 0 Å². The van der Waals surface area contributed by atoms with E-state index in [0.717, 1.165) is 45.6 Å². The number of halogens is 4. The maximum Gasteiger partial charge on any atom is 0.307 e. The molecule has 0 amide bonds. The van der Waals surface area contributed by atoms with Gasteiger partial charge < -0.3 is 20.8 Å². The number of aliphatic carboxylic acids is 2. The molecule has 0 radical (unpaired) electrons. The minimum atomic E-state index is -0.873. The zero-order valence-electron chi connectivity index (χ0n) is 24.1. The number of anilines is 4. The number of aryl methyl sites for hydroxylation is 2. The number of hydrogen-bond donors (Lipinski definition) is 4. The first-order valence-corrected chi connectivity index (χ1v) is 14.9. The molecule has 4 aromatic rings. The van der Waals surface area contributed by atoms with Gasteiger partial charge in [0.2, 0.25) is 0 Å². The molecule has 0 aliphatic rings. The second-order valence-corrected chi connectivity index (χ2v) is 11.5. The molecule has 226 valence electrons. The molecule has 4 aromatic carbocycles. The van der Waals surface area contributed by atoms with E-state index < -0.39 is 11.9 Å². The summed E-state index contributed by atoms with van der Waals surface area (Å²) in [5.74, 6) is -1.74. The average Bonchev–Trinajstić information content (AvgIpc) is 2.95. The molecule has 6 nitrogen and oxygen atoms in total. The van der Waals surface area contributed by atoms with E-state index in [2.05, 4.69) is 10.6 Å². The zero-order chi connectivity index (χ0) is 31.8. The first kappa shape index (κ1) is 34.1. The quantitative estimate of drug-likeness (QED) is 0.142. The normalized spacial score (nSPS) is 10.5. The molecule has 0 spiro atoms. The van der Waals surface area contributed by atoms with Crippen molar-refractivity contribution in [2.75, 3.05) is 10.6 Å². The summed E-state index contributed by atoms with van der Waals surface area (Å²) < 4.78 is 0. The van der Waals surface area contributed by atoms with Crippen molar-refractivity contribution in [3.63, 3.8) is 0 Å². The molecule has 0 heterocycles. The molecule has 0 saturated heterocycles. The standard InChI is InChI=1S/C17H17Cl2NO2.C16H15Cl2NO2/c1-3-11-4-6-14(12(8-11)9-16(21)22)20-15-7-5-13(18)10(2)17(15)19;1-9-3-5-13(11(7-9)8-15(20)21)19-14-6-4-12(17)10(2)16(14)18/h4-8,20H,3,9H2,1-2H3,(H,21,22);3-7,19H,8H2,1-2H3,(H,20,21). The summed E-state index contributed by atoms with van der Waals surface area (Å²) in [6.07, 6.45) is 0.766. The maximum absolute atomic E-state index is 11.1. The van der Waals surface area contributed by atoms with Crippen LogP contribution in [0, 0.1) is 20.8 Å². The van der Waals surface area contributed by atoms with Crippen molar-refractivity contribution in [3.05, 3.63) is 114 Å². The van der Waals surface area contributed by atoms with Gasteiger partial charge in [0.05, 0.1) is 34.3 Å². The van der Waals surface area contributed by atoms with Crippen LogP contribution in [0.5, 0.6) is 0 Å². The van der Waals surface area contributed by atoms with Crippen LogP contribution in [-0.4, -0.2) is 22.2 Å². The van der Waals surface area contributed by atoms with Crippen LogP contribution in [0.25, 0.3) is 0 Å². The largest absolute Gasteiger partial charge is 0.481 e. The fourth-order valence-electron chi connectivity index (χ4n) is 4.26. The predicted molar refractivity (Wildman–Crippen MR) is 179 cm³/mol. The summed E-state index contributed by atoms with van der Waals surface area (Å²) in [6, 6.07) is 18.5. The zero-order valence-corrected chi connectivity index (χ0v) is 27.1. The van der Waals surface area contributed by atoms with Gasteiger partial charge in [0.1, 0.15) is 0 Å². The maximum atomic E-state index is 11.1. The van der Waals surface area contributed by atoms with Gasteiger partial charge >= 0.3 is 11.9 Å². The molecule has 0 aliphatic heterocycles. The number of benzene rings is 4. The smallest absolute Gasteiger partial charge is 0.307 e. The number of carboxylic acid groups (broad SMARTS) is 2. The molecule has 0 saturated carbocycles. The van der Waals surface area contributed by atoms with Gasteiger partial charge in [-0.05, 0) is 91.4 Å². The first-order chi connectivity index (χ1) is 20.3. The SMILES string of the molecule is CCc1ccc(Nc2ccc(Cl)c(C)c2Cl)c(CC(=O)O)c1.Cc1ccc(Nc2ccc(Cl)c(C)c2Cl)c(CC(=O)O)c1. The summed E-state index contributed by atoms with van der Waals surface area (Å²) in [7, 11) is 0. The Bertz CT molecular complexity index is 1660. The Morgan fingerprint density at radius 1 is 0.628 bits per heavy atom. The molecular weight excluding hydrogens is 630 g/mol. The van der Waals surface area contributed by atoms with Crippen LogP contribution in [0.1, 0.15) is 40.3 Å². The highest BCUT2D eigenvalue weighted by Crippen LogP contribution is 2.35. The van der Waals surface area contributed by atoms with Gasteiger partial charge in [-0.15, -0.1) is 0 Å². The van der Waals surface area contributed by atoms with Crippen molar-refractivity contribution >= 4 is 81.1 Å². The Morgan fingerprint density at radius 3 is 1.49 bits per heavy atom. The van der Waals surface area contributed by atoms with Crippen molar-refractivity contribution in [2.24, 2.45) is 0 Å². The summed E-state index contributed by atoms with van der Waals surface area (Å²) in [5.41, 5.74) is 8.01. The molecule has 0 atom stereocenters. The van der Waals surface area contributed by atoms with E-state index in [9.17, 15) is 9.59 Å². The van der Waals surface area contributed by atoms with E-state index >= 15 is 0 Å². The predicted octanol–water partition coefficient (Wildman–Crippen LogP) is 10.2. The molecule has 4 N–H and O–H groups in total. The molecule has 0 bridgehead atoms. The topological polar surface area (TPSA) is 98.7 Å². The molecular formula is C33H32Cl4N2O4. The Labute approximate surface area is 271 Å². The number of carbonyl (C=O) groups is 2. The van der Waals surface area contributed by atoms with Gasteiger partial charge in [0, 0.05) is 21.4 Å². The van der Waals surface area contributed by atoms with Gasteiger partial charge in [-0.25, -0.2) is 0 Å². The third kappa shape index (κ3) is 9.28. The van der Waals surface area contributed by atoms with Crippen LogP contribution < -0.4 is 10.6 Å². The van der Waals surface area contributed by atoms with Crippen molar-refractivity contribution in [3.8, 4) is 0 Å². The molecule has 0 aromatic heterocycles. The van der Waals surface area contributed by atoms with Gasteiger partial charge in [-0.1, -0.05) is 83.2 Å². The van der Waals surface area contributed by atoms with Crippen molar-refractivity contribution in [1.29, 1.82) is 0 Å². The molecule has 0 fully saturated rings. The third-order valence-corrected chi connectivity index (χ3v) is 8.49. The molecule has 10 heteroatoms. The van der Waals surface area contributed by atoms with Crippen molar-refractivity contribution in [1.82, 2.24) is 0 Å². The summed E-state index contributed by atoms with van der Waals surface area (Å²) in [6.45, 7) is 7.64. The highest BCUT2D eigenvalue weighted by atomic mass is 35.5. The third-order valence-electron chi connectivity index (χ3n) is 6.70. The summed E-state index contributed by atoms with van der Waals surface area (Å²) >= 11 is 24.6. The molecule has 43 heavy (non-hydrogen) atoms. The Hall–Kier alpha value is -3.42. The van der Waals surface area contributed by atoms with Crippen LogP contribution in [0.3, 0.4) is 0 Å². The highest BCUT2D eigenvalue weighted by Gasteiger charge is 2.13. The summed E-state index contributed by atoms with van der Waals surface area (Å²) in [4.78, 5) is 22.0. The van der Waals surface area contributed by atoms with E-state index in [4.69, 9.17) is 56.6 Å². The monoisotopic (exact) mass is 660 g/mol. The Kier molecular flexibility index (Phi) is 12.2. The fraction of sp³-hybridized carbons (Fsp3) is 0.212. The lowest BCUT2D eigenvalue weighted by atomic mass is 10.0. The van der Waals surface area contributed by atoms with E-state index in [1.165, 1.54) is 0 Å². The minimum Gasteiger partial charge on any atom is -0.481 e.